The van der Waals surface area contributed by atoms with E-state index in [0.717, 1.165) is 55.5 Å². The van der Waals surface area contributed by atoms with Crippen molar-refractivity contribution in [1.82, 2.24) is 59.9 Å². The van der Waals surface area contributed by atoms with Gasteiger partial charge in [0, 0.05) is 54.0 Å². The van der Waals surface area contributed by atoms with Gasteiger partial charge >= 0.3 is 0 Å². The number of hydrogen-bond acceptors (Lipinski definition) is 14. The third-order valence-electron chi connectivity index (χ3n) is 11.3. The number of hydrogen-bond donors (Lipinski definition) is 6. The Balaban J connectivity index is 0.000000225. The summed E-state index contributed by atoms with van der Waals surface area (Å²) in [6.45, 7) is 21.0. The number of carbonyl (C=O) groups is 9. The van der Waals surface area contributed by atoms with Crippen LogP contribution in [-0.4, -0.2) is 128 Å². The molecule has 0 radical (unpaired) electrons. The minimum atomic E-state index is -0.523. The van der Waals surface area contributed by atoms with Gasteiger partial charge in [0.2, 0.25) is 35.4 Å². The Morgan fingerprint density at radius 3 is 1.23 bits per heavy atom. The third-order valence-corrected chi connectivity index (χ3v) is 11.3. The molecule has 416 valence electrons. The summed E-state index contributed by atoms with van der Waals surface area (Å²) in [6, 6.07) is 18.4. The summed E-state index contributed by atoms with van der Waals surface area (Å²) < 4.78 is 0. The third kappa shape index (κ3) is 17.8. The van der Waals surface area contributed by atoms with Crippen molar-refractivity contribution in [3.8, 4) is 0 Å². The van der Waals surface area contributed by atoms with Crippen molar-refractivity contribution in [3.63, 3.8) is 0 Å². The van der Waals surface area contributed by atoms with Crippen LogP contribution >= 0.6 is 0 Å². The number of nitrogens with zero attached hydrogens (tertiary/aromatic N) is 6. The second kappa shape index (κ2) is 27.0. The molecule has 0 atom stereocenters. The van der Waals surface area contributed by atoms with E-state index >= 15 is 0 Å². The molecule has 0 bridgehead atoms. The molecule has 6 heterocycles. The molecule has 2 aromatic carbocycles. The molecule has 4 aromatic heterocycles. The first-order valence-corrected chi connectivity index (χ1v) is 24.6. The van der Waals surface area contributed by atoms with Crippen LogP contribution in [0.15, 0.2) is 94.9 Å². The van der Waals surface area contributed by atoms with Gasteiger partial charge < -0.3 is 30.2 Å². The number of H-pyrrole nitrogens is 5. The van der Waals surface area contributed by atoms with Gasteiger partial charge in [-0.05, 0) is 23.8 Å². The summed E-state index contributed by atoms with van der Waals surface area (Å²) in [6.07, 6.45) is 11.0. The largest absolute Gasteiger partial charge is 0.348 e. The first-order chi connectivity index (χ1) is 37.0. The van der Waals surface area contributed by atoms with Crippen LogP contribution in [0.2, 0.25) is 0 Å². The molecule has 0 spiro atoms. The zero-order valence-corrected chi connectivity index (χ0v) is 46.2. The van der Waals surface area contributed by atoms with Crippen molar-refractivity contribution in [1.29, 1.82) is 0 Å². The van der Waals surface area contributed by atoms with Gasteiger partial charge in [-0.3, -0.25) is 67.4 Å². The number of rotatable bonds is 5. The van der Waals surface area contributed by atoms with E-state index in [1.165, 1.54) is 33.2 Å². The minimum absolute atomic E-state index is 0.0350. The monoisotopic (exact) mass is 1080 g/mol. The fraction of sp³-hybridized carbons (Fsp3) is 0.321. The lowest BCUT2D eigenvalue weighted by Crippen LogP contribution is -2.56. The highest BCUT2D eigenvalue weighted by molar-refractivity contribution is 6.12. The van der Waals surface area contributed by atoms with Crippen LogP contribution in [0.5, 0.6) is 0 Å². The number of aldehydes is 2. The highest BCUT2D eigenvalue weighted by Gasteiger charge is 2.34. The molecular formula is C56H66N12O11. The molecule has 2 aliphatic heterocycles. The van der Waals surface area contributed by atoms with Crippen LogP contribution < -0.4 is 27.1 Å². The number of amides is 7. The van der Waals surface area contributed by atoms with Crippen molar-refractivity contribution < 1.29 is 43.2 Å². The van der Waals surface area contributed by atoms with Gasteiger partial charge in [0.15, 0.2) is 6.29 Å². The lowest BCUT2D eigenvalue weighted by Gasteiger charge is -2.29. The molecule has 23 heteroatoms. The van der Waals surface area contributed by atoms with E-state index in [9.17, 15) is 52.7 Å². The number of carbonyl (C=O) groups excluding carboxylic acids is 9. The van der Waals surface area contributed by atoms with E-state index in [-0.39, 0.29) is 63.4 Å². The number of aromatic amines is 5. The lowest BCUT2D eigenvalue weighted by molar-refractivity contribution is -0.161. The summed E-state index contributed by atoms with van der Waals surface area (Å²) in [4.78, 5) is 154. The van der Waals surface area contributed by atoms with Crippen molar-refractivity contribution >= 4 is 72.2 Å². The summed E-state index contributed by atoms with van der Waals surface area (Å²) in [5, 5.41) is 2.88. The Hall–Kier alpha value is -9.54. The molecule has 0 saturated carbocycles. The molecule has 23 nitrogen and oxygen atoms in total. The van der Waals surface area contributed by atoms with Crippen LogP contribution in [0, 0.1) is 0 Å². The highest BCUT2D eigenvalue weighted by Crippen LogP contribution is 2.25. The zero-order valence-electron chi connectivity index (χ0n) is 46.2. The lowest BCUT2D eigenvalue weighted by atomic mass is 9.90. The van der Waals surface area contributed by atoms with Gasteiger partial charge in [0.05, 0.1) is 36.1 Å². The number of piperazine rings is 2. The Morgan fingerprint density at radius 1 is 0.481 bits per heavy atom. The maximum absolute atomic E-state index is 12.4. The van der Waals surface area contributed by atoms with Crippen LogP contribution in [0.1, 0.15) is 138 Å². The average molecular weight is 1080 g/mol. The molecule has 0 aliphatic carbocycles. The van der Waals surface area contributed by atoms with Crippen molar-refractivity contribution in [2.45, 2.75) is 99.3 Å². The molecule has 2 saturated heterocycles. The molecule has 7 amide bonds. The summed E-state index contributed by atoms with van der Waals surface area (Å²) in [5.74, 6) is -3.38. The number of imide groups is 3. The molecule has 0 unspecified atom stereocenters. The van der Waals surface area contributed by atoms with Gasteiger partial charge in [-0.15, -0.1) is 0 Å². The first kappa shape index (κ1) is 62.0. The molecule has 79 heavy (non-hydrogen) atoms. The van der Waals surface area contributed by atoms with Crippen LogP contribution in [0.4, 0.5) is 0 Å². The van der Waals surface area contributed by atoms with Crippen LogP contribution in [0.3, 0.4) is 0 Å². The summed E-state index contributed by atoms with van der Waals surface area (Å²) in [5.41, 5.74) is 4.86. The van der Waals surface area contributed by atoms with Crippen LogP contribution in [-0.2, 0) is 49.8 Å². The second-order valence-corrected chi connectivity index (χ2v) is 20.8. The number of imidazole rings is 3. The minimum Gasteiger partial charge on any atom is -0.348 e. The van der Waals surface area contributed by atoms with Gasteiger partial charge in [0.25, 0.3) is 17.0 Å². The predicted molar refractivity (Wildman–Crippen MR) is 293 cm³/mol. The number of nitrogens with one attached hydrogen (secondary N) is 6. The molecule has 6 aromatic rings. The Bertz CT molecular complexity index is 3440. The van der Waals surface area contributed by atoms with Crippen molar-refractivity contribution in [2.75, 3.05) is 19.6 Å². The van der Waals surface area contributed by atoms with E-state index in [4.69, 9.17) is 0 Å². The Labute approximate surface area is 454 Å². The maximum atomic E-state index is 12.4. The standard InChI is InChI=1S/C19H20N4O2.C14H18N4O3.C8H10N2O4.C8H12N2O.C7H6O/c1-19(2,3)16-13(20-11-21-16)10-15-18(25)22-14(17(24)23-15)9-12-7-5-4-6-8-12;1-8(19)18-6-11(20)17-10(13(18)21)5-9-12(14(2,3)4)16-7-15-9;1-5(11)9-3-8(14)10(6(2)12)4-7(9)13;1-8(2,3)7-6(4-11)9-5-10-7;8-6-7-4-2-1-3-5-7/h4-11H,1-3H3,(H,20,21)(H,22,25)(H,23,24);5,7H,6H2,1-4H3,(H,15,16)(H,17,20);3-4H2,1-2H3;4-5H,1-3H3,(H,9,10);1-6H/b14-9-,15-10-;10-5-;;;. The van der Waals surface area contributed by atoms with Gasteiger partial charge in [-0.2, -0.15) is 0 Å². The summed E-state index contributed by atoms with van der Waals surface area (Å²) in [7, 11) is 0. The van der Waals surface area contributed by atoms with Crippen LogP contribution in [0.25, 0.3) is 18.2 Å². The zero-order chi connectivity index (χ0) is 59.0. The second-order valence-electron chi connectivity index (χ2n) is 20.8. The smallest absolute Gasteiger partial charge is 0.277 e. The molecule has 8 rings (SSSR count). The number of benzene rings is 2. The molecule has 2 fully saturated rings. The highest BCUT2D eigenvalue weighted by atomic mass is 16.2. The van der Waals surface area contributed by atoms with Crippen molar-refractivity contribution in [2.24, 2.45) is 0 Å². The Morgan fingerprint density at radius 2 is 0.861 bits per heavy atom. The Kier molecular flexibility index (Phi) is 21.2. The molecular weight excluding hydrogens is 1020 g/mol. The van der Waals surface area contributed by atoms with E-state index in [1.807, 2.05) is 111 Å². The van der Waals surface area contributed by atoms with E-state index in [2.05, 4.69) is 45.2 Å². The predicted octanol–water partition coefficient (Wildman–Crippen LogP) is 3.06. The fourth-order valence-electron chi connectivity index (χ4n) is 7.39. The normalized spacial score (nSPS) is 14.6. The van der Waals surface area contributed by atoms with E-state index in [1.54, 1.807) is 36.9 Å². The SMILES string of the molecule is CC(=O)N1CC(=O)N(C(C)=O)CC1=O.CC(=O)N1CC(=O)N/C(=C\c2nc[nH]c2C(C)(C)C)C1=O.CC(C)(C)c1[nH]cnc1/C=c1\[nH]c(=O)/c(=C/c2ccccc2)[nH]c1=O.CC(C)(C)c1[nH]cnc1C=O.O=Cc1ccccc1. The van der Waals surface area contributed by atoms with Crippen molar-refractivity contribution in [3.05, 3.63) is 162 Å². The van der Waals surface area contributed by atoms with Gasteiger partial charge in [-0.25, -0.2) is 15.0 Å². The van der Waals surface area contributed by atoms with Gasteiger partial charge in [0.1, 0.15) is 48.0 Å². The average Bonchev–Trinajstić information content (AvgIpc) is 4.20. The van der Waals surface area contributed by atoms with Gasteiger partial charge in [-0.1, -0.05) is 123 Å². The molecule has 6 N–H and O–H groups in total. The fourth-order valence-corrected chi connectivity index (χ4v) is 7.39. The number of aromatic nitrogens is 8. The van der Waals surface area contributed by atoms with E-state index < -0.39 is 41.4 Å². The topological polar surface area (TPSA) is 327 Å². The quantitative estimate of drug-likeness (QED) is 0.107. The maximum Gasteiger partial charge on any atom is 0.277 e. The summed E-state index contributed by atoms with van der Waals surface area (Å²) >= 11 is 0. The van der Waals surface area contributed by atoms with E-state index in [0.29, 0.717) is 17.1 Å². The molecule has 2 aliphatic rings. The first-order valence-electron chi connectivity index (χ1n) is 24.6.